The molecule has 1 fully saturated rings. The van der Waals surface area contributed by atoms with Crippen LogP contribution in [0, 0.1) is 0 Å². The summed E-state index contributed by atoms with van der Waals surface area (Å²) in [5.74, 6) is 0.0764. The molecular formula is C22H25N5O4. The fourth-order valence-electron chi connectivity index (χ4n) is 3.87. The first-order valence-electron chi connectivity index (χ1n) is 10.1. The minimum Gasteiger partial charge on any atom is -0.487 e. The highest BCUT2D eigenvalue weighted by Gasteiger charge is 2.42. The van der Waals surface area contributed by atoms with E-state index in [1.54, 1.807) is 48.3 Å². The molecule has 0 unspecified atom stereocenters. The first kappa shape index (κ1) is 20.8. The molecule has 0 radical (unpaired) electrons. The zero-order valence-corrected chi connectivity index (χ0v) is 17.5. The summed E-state index contributed by atoms with van der Waals surface area (Å²) in [6.07, 6.45) is 3.32. The average Bonchev–Trinajstić information content (AvgIpc) is 3.36. The Morgan fingerprint density at radius 2 is 2.06 bits per heavy atom. The number of ether oxygens (including phenoxy) is 2. The Morgan fingerprint density at radius 1 is 1.23 bits per heavy atom. The monoisotopic (exact) mass is 423 g/mol. The summed E-state index contributed by atoms with van der Waals surface area (Å²) in [7, 11) is 3.37. The van der Waals surface area contributed by atoms with Gasteiger partial charge in [-0.2, -0.15) is 5.10 Å². The largest absolute Gasteiger partial charge is 0.487 e. The van der Waals surface area contributed by atoms with Crippen LogP contribution in [-0.2, 0) is 16.6 Å². The van der Waals surface area contributed by atoms with Gasteiger partial charge in [-0.05, 0) is 18.2 Å². The third-order valence-corrected chi connectivity index (χ3v) is 5.33. The lowest BCUT2D eigenvalue weighted by Gasteiger charge is -2.22. The van der Waals surface area contributed by atoms with Crippen LogP contribution < -0.4 is 10.1 Å². The quantitative estimate of drug-likeness (QED) is 0.577. The van der Waals surface area contributed by atoms with Crippen LogP contribution in [0.1, 0.15) is 16.9 Å². The second kappa shape index (κ2) is 9.13. The van der Waals surface area contributed by atoms with Gasteiger partial charge in [-0.3, -0.25) is 19.3 Å². The zero-order chi connectivity index (χ0) is 21.8. The van der Waals surface area contributed by atoms with E-state index >= 15 is 0 Å². The summed E-state index contributed by atoms with van der Waals surface area (Å²) in [5.41, 5.74) is 1.18. The van der Waals surface area contributed by atoms with Crippen molar-refractivity contribution in [2.45, 2.75) is 18.6 Å². The molecule has 0 aliphatic carbocycles. The fraction of sp³-hybridized carbons (Fsp3) is 0.364. The van der Waals surface area contributed by atoms with Gasteiger partial charge in [0.15, 0.2) is 5.69 Å². The molecule has 9 nitrogen and oxygen atoms in total. The number of carbonyl (C=O) groups excluding carboxylic acids is 2. The SMILES string of the molecule is COCCNC(=O)[C@@H]1C[C@H](Oc2cccnc2)CN1C(=O)c1nn(C)c2ccccc12. The molecule has 4 rings (SSSR count). The van der Waals surface area contributed by atoms with E-state index < -0.39 is 6.04 Å². The summed E-state index contributed by atoms with van der Waals surface area (Å²) in [6.45, 7) is 1.04. The van der Waals surface area contributed by atoms with Crippen molar-refractivity contribution < 1.29 is 19.1 Å². The molecule has 2 atom stereocenters. The molecule has 3 aromatic rings. The molecule has 1 aliphatic rings. The number of aromatic nitrogens is 3. The molecule has 0 bridgehead atoms. The molecule has 1 aliphatic heterocycles. The van der Waals surface area contributed by atoms with Gasteiger partial charge in [-0.15, -0.1) is 0 Å². The number of nitrogens with zero attached hydrogens (tertiary/aromatic N) is 4. The van der Waals surface area contributed by atoms with E-state index in [1.165, 1.54) is 0 Å². The maximum atomic E-state index is 13.5. The lowest BCUT2D eigenvalue weighted by Crippen LogP contribution is -2.46. The molecule has 162 valence electrons. The van der Waals surface area contributed by atoms with Gasteiger partial charge in [-0.25, -0.2) is 0 Å². The van der Waals surface area contributed by atoms with E-state index in [-0.39, 0.29) is 24.5 Å². The second-order valence-electron chi connectivity index (χ2n) is 7.41. The number of methoxy groups -OCH3 is 1. The smallest absolute Gasteiger partial charge is 0.275 e. The van der Waals surface area contributed by atoms with Crippen molar-refractivity contribution in [3.63, 3.8) is 0 Å². The Kier molecular flexibility index (Phi) is 6.13. The number of rotatable bonds is 7. The summed E-state index contributed by atoms with van der Waals surface area (Å²) in [6, 6.07) is 10.5. The third-order valence-electron chi connectivity index (χ3n) is 5.33. The van der Waals surface area contributed by atoms with Crippen molar-refractivity contribution in [1.82, 2.24) is 25.0 Å². The maximum absolute atomic E-state index is 13.5. The van der Waals surface area contributed by atoms with Crippen molar-refractivity contribution in [2.75, 3.05) is 26.8 Å². The van der Waals surface area contributed by atoms with E-state index in [0.29, 0.717) is 31.0 Å². The first-order valence-corrected chi connectivity index (χ1v) is 10.1. The van der Waals surface area contributed by atoms with Gasteiger partial charge in [0.1, 0.15) is 17.9 Å². The van der Waals surface area contributed by atoms with Crippen LogP contribution in [-0.4, -0.2) is 70.4 Å². The average molecular weight is 423 g/mol. The number of hydrogen-bond acceptors (Lipinski definition) is 6. The normalized spacial score (nSPS) is 18.3. The van der Waals surface area contributed by atoms with Crippen molar-refractivity contribution in [1.29, 1.82) is 0 Å². The lowest BCUT2D eigenvalue weighted by atomic mass is 10.1. The van der Waals surface area contributed by atoms with Gasteiger partial charge in [0, 0.05) is 38.7 Å². The fourth-order valence-corrected chi connectivity index (χ4v) is 3.87. The topological polar surface area (TPSA) is 98.6 Å². The third kappa shape index (κ3) is 4.36. The summed E-state index contributed by atoms with van der Waals surface area (Å²) >= 11 is 0. The van der Waals surface area contributed by atoms with Crippen LogP contribution >= 0.6 is 0 Å². The van der Waals surface area contributed by atoms with Gasteiger partial charge in [0.05, 0.1) is 24.9 Å². The van der Waals surface area contributed by atoms with Crippen molar-refractivity contribution >= 4 is 22.7 Å². The summed E-state index contributed by atoms with van der Waals surface area (Å²) < 4.78 is 12.7. The number of likely N-dealkylation sites (tertiary alicyclic amines) is 1. The molecule has 1 aromatic carbocycles. The predicted molar refractivity (Wildman–Crippen MR) is 114 cm³/mol. The lowest BCUT2D eigenvalue weighted by molar-refractivity contribution is -0.125. The predicted octanol–water partition coefficient (Wildman–Crippen LogP) is 1.39. The number of para-hydroxylation sites is 1. The molecule has 1 N–H and O–H groups in total. The molecule has 3 heterocycles. The van der Waals surface area contributed by atoms with Crippen LogP contribution in [0.25, 0.3) is 10.9 Å². The maximum Gasteiger partial charge on any atom is 0.275 e. The number of aryl methyl sites for hydroxylation is 1. The number of hydrogen-bond donors (Lipinski definition) is 1. The molecule has 2 amide bonds. The molecule has 9 heteroatoms. The number of pyridine rings is 1. The minimum absolute atomic E-state index is 0.233. The van der Waals surface area contributed by atoms with Crippen LogP contribution in [0.4, 0.5) is 0 Å². The van der Waals surface area contributed by atoms with Crippen LogP contribution in [0.3, 0.4) is 0 Å². The summed E-state index contributed by atoms with van der Waals surface area (Å²) in [5, 5.41) is 8.03. The van der Waals surface area contributed by atoms with Gasteiger partial charge < -0.3 is 19.7 Å². The van der Waals surface area contributed by atoms with E-state index in [4.69, 9.17) is 9.47 Å². The number of benzene rings is 1. The second-order valence-corrected chi connectivity index (χ2v) is 7.41. The van der Waals surface area contributed by atoms with Crippen LogP contribution in [0.5, 0.6) is 5.75 Å². The van der Waals surface area contributed by atoms with Gasteiger partial charge in [0.2, 0.25) is 5.91 Å². The first-order chi connectivity index (χ1) is 15.1. The Balaban J connectivity index is 1.59. The summed E-state index contributed by atoms with van der Waals surface area (Å²) in [4.78, 5) is 32.0. The molecule has 31 heavy (non-hydrogen) atoms. The Bertz CT molecular complexity index is 1070. The molecule has 0 spiro atoms. The van der Waals surface area contributed by atoms with Crippen molar-refractivity contribution in [2.24, 2.45) is 7.05 Å². The van der Waals surface area contributed by atoms with Crippen molar-refractivity contribution in [3.05, 3.63) is 54.5 Å². The highest BCUT2D eigenvalue weighted by molar-refractivity contribution is 6.06. The number of nitrogens with one attached hydrogen (secondary N) is 1. The van der Waals surface area contributed by atoms with E-state index in [0.717, 1.165) is 10.9 Å². The molecule has 2 aromatic heterocycles. The van der Waals surface area contributed by atoms with E-state index in [1.807, 2.05) is 24.3 Å². The standard InChI is InChI=1S/C22H25N5O4/c1-26-18-8-4-3-7-17(18)20(25-26)22(29)27-14-16(31-15-6-5-9-23-13-15)12-19(27)21(28)24-10-11-30-2/h3-9,13,16,19H,10-12,14H2,1-2H3,(H,24,28)/t16-,19-/m0/s1. The zero-order valence-electron chi connectivity index (χ0n) is 17.5. The Hall–Kier alpha value is -3.46. The van der Waals surface area contributed by atoms with E-state index in [2.05, 4.69) is 15.4 Å². The van der Waals surface area contributed by atoms with Gasteiger partial charge >= 0.3 is 0 Å². The van der Waals surface area contributed by atoms with Gasteiger partial charge in [-0.1, -0.05) is 18.2 Å². The highest BCUT2D eigenvalue weighted by atomic mass is 16.5. The number of carbonyl (C=O) groups is 2. The van der Waals surface area contributed by atoms with Crippen LogP contribution in [0.15, 0.2) is 48.8 Å². The van der Waals surface area contributed by atoms with Crippen LogP contribution in [0.2, 0.25) is 0 Å². The Labute approximate surface area is 180 Å². The Morgan fingerprint density at radius 3 is 2.84 bits per heavy atom. The minimum atomic E-state index is -0.660. The number of amides is 2. The number of fused-ring (bicyclic) bond motifs is 1. The molecule has 1 saturated heterocycles. The molecule has 0 saturated carbocycles. The highest BCUT2D eigenvalue weighted by Crippen LogP contribution is 2.27. The van der Waals surface area contributed by atoms with Gasteiger partial charge in [0.25, 0.3) is 5.91 Å². The molecular weight excluding hydrogens is 398 g/mol. The van der Waals surface area contributed by atoms with E-state index in [9.17, 15) is 9.59 Å². The van der Waals surface area contributed by atoms with Crippen molar-refractivity contribution in [3.8, 4) is 5.75 Å².